The molecule has 0 spiro atoms. The van der Waals surface area contributed by atoms with Crippen LogP contribution in [0.1, 0.15) is 12.2 Å². The highest BCUT2D eigenvalue weighted by Crippen LogP contribution is 2.15. The van der Waals surface area contributed by atoms with Crippen LogP contribution < -0.4 is 0 Å². The van der Waals surface area contributed by atoms with E-state index in [2.05, 4.69) is 14.6 Å². The van der Waals surface area contributed by atoms with Crippen LogP contribution in [0, 0.1) is 0 Å². The highest BCUT2D eigenvalue weighted by atomic mass is 35.5. The summed E-state index contributed by atoms with van der Waals surface area (Å²) in [5.74, 6) is 0.663. The smallest absolute Gasteiger partial charge is 0.308 e. The first-order valence-electron chi connectivity index (χ1n) is 6.17. The molecular weight excluding hydrogens is 270 g/mol. The van der Waals surface area contributed by atoms with Gasteiger partial charge in [0.25, 0.3) is 0 Å². The number of esters is 1. The second-order valence-electron chi connectivity index (χ2n) is 4.56. The lowest BCUT2D eigenvalue weighted by atomic mass is 10.2. The number of carbonyl (C=O) groups is 1. The van der Waals surface area contributed by atoms with Gasteiger partial charge in [0.05, 0.1) is 39.0 Å². The molecule has 1 aromatic heterocycles. The minimum atomic E-state index is -0.244. The lowest BCUT2D eigenvalue weighted by molar-refractivity contribution is -0.145. The third-order valence-electron chi connectivity index (χ3n) is 3.24. The molecule has 1 aliphatic rings. The first kappa shape index (κ1) is 14.3. The molecule has 1 aromatic rings. The Hall–Kier alpha value is -1.11. The molecule has 7 heteroatoms. The van der Waals surface area contributed by atoms with Crippen molar-refractivity contribution >= 4 is 17.6 Å². The maximum absolute atomic E-state index is 11.2. The van der Waals surface area contributed by atoms with Gasteiger partial charge in [-0.25, -0.2) is 4.98 Å². The number of hydrogen-bond donors (Lipinski definition) is 0. The molecule has 6 nitrogen and oxygen atoms in total. The second kappa shape index (κ2) is 6.36. The number of rotatable bonds is 4. The summed E-state index contributed by atoms with van der Waals surface area (Å²) in [5, 5.41) is 0.620. The van der Waals surface area contributed by atoms with Crippen molar-refractivity contribution < 1.29 is 14.3 Å². The fraction of sp³-hybridized carbons (Fsp3) is 0.667. The average Bonchev–Trinajstić information content (AvgIpc) is 2.71. The molecule has 0 saturated carbocycles. The lowest BCUT2D eigenvalue weighted by Gasteiger charge is -2.32. The normalized spacial score (nSPS) is 20.5. The third-order valence-corrected chi connectivity index (χ3v) is 3.59. The molecule has 1 unspecified atom stereocenters. The summed E-state index contributed by atoms with van der Waals surface area (Å²) in [5.41, 5.74) is 0. The zero-order valence-electron chi connectivity index (χ0n) is 11.1. The van der Waals surface area contributed by atoms with Crippen molar-refractivity contribution in [2.45, 2.75) is 19.1 Å². The molecule has 2 rings (SSSR count). The van der Waals surface area contributed by atoms with Gasteiger partial charge < -0.3 is 14.0 Å². The van der Waals surface area contributed by atoms with Crippen LogP contribution in [-0.4, -0.2) is 53.3 Å². The van der Waals surface area contributed by atoms with E-state index in [0.717, 1.165) is 12.4 Å². The number of halogens is 1. The zero-order valence-corrected chi connectivity index (χ0v) is 11.9. The Morgan fingerprint density at radius 3 is 3.11 bits per heavy atom. The van der Waals surface area contributed by atoms with E-state index >= 15 is 0 Å². The van der Waals surface area contributed by atoms with Crippen molar-refractivity contribution in [2.75, 3.05) is 26.8 Å². The van der Waals surface area contributed by atoms with Crippen molar-refractivity contribution in [3.05, 3.63) is 17.2 Å². The van der Waals surface area contributed by atoms with Gasteiger partial charge in [-0.3, -0.25) is 9.69 Å². The quantitative estimate of drug-likeness (QED) is 0.768. The van der Waals surface area contributed by atoms with Crippen LogP contribution in [-0.2, 0) is 27.9 Å². The number of imidazole rings is 1. The number of aromatic nitrogens is 2. The number of morpholine rings is 1. The first-order valence-corrected chi connectivity index (χ1v) is 6.55. The van der Waals surface area contributed by atoms with Gasteiger partial charge in [-0.2, -0.15) is 0 Å². The Labute approximate surface area is 117 Å². The van der Waals surface area contributed by atoms with Crippen molar-refractivity contribution in [2.24, 2.45) is 7.05 Å². The summed E-state index contributed by atoms with van der Waals surface area (Å²) in [6.07, 6.45) is 1.81. The maximum atomic E-state index is 11.2. The van der Waals surface area contributed by atoms with Gasteiger partial charge in [-0.15, -0.1) is 0 Å². The molecule has 19 heavy (non-hydrogen) atoms. The molecule has 0 aromatic carbocycles. The Kier molecular flexibility index (Phi) is 4.79. The van der Waals surface area contributed by atoms with E-state index in [0.29, 0.717) is 24.8 Å². The van der Waals surface area contributed by atoms with E-state index in [9.17, 15) is 4.79 Å². The molecule has 1 saturated heterocycles. The predicted octanol–water partition coefficient (Wildman–Crippen LogP) is 0.837. The fourth-order valence-electron chi connectivity index (χ4n) is 2.09. The fourth-order valence-corrected chi connectivity index (χ4v) is 2.23. The van der Waals surface area contributed by atoms with E-state index in [1.807, 2.05) is 11.6 Å². The van der Waals surface area contributed by atoms with Gasteiger partial charge in [0, 0.05) is 20.1 Å². The zero-order chi connectivity index (χ0) is 13.8. The Bertz CT molecular complexity index is 449. The molecule has 2 heterocycles. The van der Waals surface area contributed by atoms with Gasteiger partial charge in [-0.05, 0) is 0 Å². The summed E-state index contributed by atoms with van der Waals surface area (Å²) in [6.45, 7) is 2.83. The number of methoxy groups -OCH3 is 1. The predicted molar refractivity (Wildman–Crippen MR) is 69.9 cm³/mol. The first-order chi connectivity index (χ1) is 9.10. The molecular formula is C12H18ClN3O3. The Balaban J connectivity index is 1.90. The Morgan fingerprint density at radius 2 is 2.47 bits per heavy atom. The molecule has 0 radical (unpaired) electrons. The molecule has 0 N–H and O–H groups in total. The highest BCUT2D eigenvalue weighted by molar-refractivity contribution is 6.29. The minimum absolute atomic E-state index is 0.114. The minimum Gasteiger partial charge on any atom is -0.469 e. The van der Waals surface area contributed by atoms with Gasteiger partial charge in [0.15, 0.2) is 0 Å². The van der Waals surface area contributed by atoms with Crippen molar-refractivity contribution in [1.29, 1.82) is 0 Å². The molecule has 0 bridgehead atoms. The number of nitrogens with zero attached hydrogens (tertiary/aromatic N) is 3. The molecule has 1 aliphatic heterocycles. The molecule has 0 amide bonds. The average molecular weight is 288 g/mol. The van der Waals surface area contributed by atoms with Gasteiger partial charge in [0.1, 0.15) is 11.0 Å². The van der Waals surface area contributed by atoms with Gasteiger partial charge in [0.2, 0.25) is 0 Å². The standard InChI is InChI=1S/C12H18ClN3O3/c1-15-10(13)6-14-11(15)8-16-3-4-19-9(7-16)5-12(17)18-2/h6,9H,3-5,7-8H2,1-2H3. The van der Waals surface area contributed by atoms with Crippen molar-refractivity contribution in [3.63, 3.8) is 0 Å². The van der Waals surface area contributed by atoms with E-state index < -0.39 is 0 Å². The van der Waals surface area contributed by atoms with Crippen LogP contribution in [0.25, 0.3) is 0 Å². The second-order valence-corrected chi connectivity index (χ2v) is 4.95. The molecule has 106 valence electrons. The maximum Gasteiger partial charge on any atom is 0.308 e. The SMILES string of the molecule is COC(=O)CC1CN(Cc2ncc(Cl)n2C)CCO1. The lowest BCUT2D eigenvalue weighted by Crippen LogP contribution is -2.43. The summed E-state index contributed by atoms with van der Waals surface area (Å²) in [7, 11) is 3.27. The number of hydrogen-bond acceptors (Lipinski definition) is 5. The Morgan fingerprint density at radius 1 is 1.68 bits per heavy atom. The number of carbonyl (C=O) groups excluding carboxylic acids is 1. The van der Waals surface area contributed by atoms with Crippen molar-refractivity contribution in [3.8, 4) is 0 Å². The largest absolute Gasteiger partial charge is 0.469 e. The summed E-state index contributed by atoms with van der Waals surface area (Å²) in [4.78, 5) is 17.7. The van der Waals surface area contributed by atoms with Gasteiger partial charge >= 0.3 is 5.97 Å². The van der Waals surface area contributed by atoms with E-state index in [4.69, 9.17) is 16.3 Å². The summed E-state index contributed by atoms with van der Waals surface area (Å²) in [6, 6.07) is 0. The third kappa shape index (κ3) is 3.68. The van der Waals surface area contributed by atoms with Crippen LogP contribution in [0.4, 0.5) is 0 Å². The molecule has 1 fully saturated rings. The van der Waals surface area contributed by atoms with Crippen LogP contribution >= 0.6 is 11.6 Å². The van der Waals surface area contributed by atoms with Crippen LogP contribution in [0.5, 0.6) is 0 Å². The molecule has 1 atom stereocenters. The van der Waals surface area contributed by atoms with Crippen LogP contribution in [0.2, 0.25) is 5.15 Å². The monoisotopic (exact) mass is 287 g/mol. The van der Waals surface area contributed by atoms with Crippen LogP contribution in [0.3, 0.4) is 0 Å². The van der Waals surface area contributed by atoms with E-state index in [1.54, 1.807) is 6.20 Å². The van der Waals surface area contributed by atoms with Crippen molar-refractivity contribution in [1.82, 2.24) is 14.5 Å². The summed E-state index contributed by atoms with van der Waals surface area (Å²) >= 11 is 5.96. The van der Waals surface area contributed by atoms with E-state index in [1.165, 1.54) is 7.11 Å². The van der Waals surface area contributed by atoms with E-state index in [-0.39, 0.29) is 18.5 Å². The summed E-state index contributed by atoms with van der Waals surface area (Å²) < 4.78 is 12.1. The number of ether oxygens (including phenoxy) is 2. The highest BCUT2D eigenvalue weighted by Gasteiger charge is 2.24. The molecule has 0 aliphatic carbocycles. The van der Waals surface area contributed by atoms with Gasteiger partial charge in [-0.1, -0.05) is 11.6 Å². The van der Waals surface area contributed by atoms with Crippen LogP contribution in [0.15, 0.2) is 6.20 Å². The topological polar surface area (TPSA) is 56.6 Å².